The van der Waals surface area contributed by atoms with E-state index in [2.05, 4.69) is 20.2 Å². The first kappa shape index (κ1) is 19.1. The molecule has 7 nitrogen and oxygen atoms in total. The Morgan fingerprint density at radius 3 is 2.55 bits per heavy atom. The SMILES string of the molecule is COc1ccc(Cl)cc1-c1noc(-c2cc3nc(C(F)F)cc(C(F)F)n3n2)n1. The fourth-order valence-electron chi connectivity index (χ4n) is 2.68. The third-order valence-corrected chi connectivity index (χ3v) is 4.20. The molecule has 3 aromatic heterocycles. The summed E-state index contributed by atoms with van der Waals surface area (Å²) < 4.78 is 63.6. The predicted molar refractivity (Wildman–Crippen MR) is 93.2 cm³/mol. The lowest BCUT2D eigenvalue weighted by molar-refractivity contribution is 0.135. The molecule has 4 aromatic rings. The molecule has 29 heavy (non-hydrogen) atoms. The maximum atomic E-state index is 13.3. The summed E-state index contributed by atoms with van der Waals surface area (Å²) in [5.74, 6) is 0.429. The van der Waals surface area contributed by atoms with Gasteiger partial charge in [0.1, 0.15) is 17.1 Å². The third-order valence-electron chi connectivity index (χ3n) is 3.97. The molecule has 0 aliphatic rings. The van der Waals surface area contributed by atoms with Crippen LogP contribution in [0.3, 0.4) is 0 Å². The Labute approximate surface area is 164 Å². The van der Waals surface area contributed by atoms with Crippen molar-refractivity contribution in [2.75, 3.05) is 7.11 Å². The van der Waals surface area contributed by atoms with Gasteiger partial charge in [0, 0.05) is 11.1 Å². The molecule has 0 spiro atoms. The number of fused-ring (bicyclic) bond motifs is 1. The van der Waals surface area contributed by atoms with E-state index >= 15 is 0 Å². The van der Waals surface area contributed by atoms with Crippen molar-refractivity contribution in [3.8, 4) is 28.7 Å². The van der Waals surface area contributed by atoms with Gasteiger partial charge in [-0.05, 0) is 24.3 Å². The number of hydrogen-bond donors (Lipinski definition) is 0. The van der Waals surface area contributed by atoms with Crippen molar-refractivity contribution < 1.29 is 26.8 Å². The lowest BCUT2D eigenvalue weighted by atomic mass is 10.2. The lowest BCUT2D eigenvalue weighted by Gasteiger charge is -2.06. The standard InChI is InChI=1S/C17H10ClF4N5O2/c1-28-12-3-2-7(18)4-8(12)16-24-17(29-26-16)10-6-13-23-9(14(19)20)5-11(15(21)22)27(13)25-10/h2-6,14-15H,1H3. The van der Waals surface area contributed by atoms with Crippen LogP contribution in [0.4, 0.5) is 17.6 Å². The van der Waals surface area contributed by atoms with E-state index in [-0.39, 0.29) is 23.1 Å². The third kappa shape index (κ3) is 3.48. The molecule has 4 rings (SSSR count). The molecule has 0 atom stereocenters. The molecule has 0 fully saturated rings. The molecule has 0 radical (unpaired) electrons. The average molecular weight is 428 g/mol. The van der Waals surface area contributed by atoms with Crippen LogP contribution in [0.2, 0.25) is 5.02 Å². The normalized spacial score (nSPS) is 11.7. The molecule has 0 aliphatic heterocycles. The van der Waals surface area contributed by atoms with Gasteiger partial charge < -0.3 is 9.26 Å². The minimum atomic E-state index is -3.04. The molecule has 150 valence electrons. The van der Waals surface area contributed by atoms with E-state index in [9.17, 15) is 17.6 Å². The summed E-state index contributed by atoms with van der Waals surface area (Å²) in [6.45, 7) is 0. The summed E-state index contributed by atoms with van der Waals surface area (Å²) in [6, 6.07) is 6.60. The summed E-state index contributed by atoms with van der Waals surface area (Å²) in [6.07, 6.45) is -6.05. The highest BCUT2D eigenvalue weighted by Gasteiger charge is 2.23. The fraction of sp³-hybridized carbons (Fsp3) is 0.176. The number of ether oxygens (including phenoxy) is 1. The number of hydrogen-bond acceptors (Lipinski definition) is 6. The van der Waals surface area contributed by atoms with Crippen LogP contribution in [0.25, 0.3) is 28.6 Å². The van der Waals surface area contributed by atoms with Crippen LogP contribution in [-0.2, 0) is 0 Å². The Morgan fingerprint density at radius 2 is 1.86 bits per heavy atom. The van der Waals surface area contributed by atoms with Gasteiger partial charge in [0.25, 0.3) is 18.7 Å². The highest BCUT2D eigenvalue weighted by molar-refractivity contribution is 6.30. The average Bonchev–Trinajstić information content (AvgIpc) is 3.33. The molecule has 0 saturated heterocycles. The molecule has 0 saturated carbocycles. The fourth-order valence-corrected chi connectivity index (χ4v) is 2.85. The van der Waals surface area contributed by atoms with Crippen molar-refractivity contribution in [2.24, 2.45) is 0 Å². The van der Waals surface area contributed by atoms with E-state index < -0.39 is 24.2 Å². The zero-order valence-corrected chi connectivity index (χ0v) is 15.2. The van der Waals surface area contributed by atoms with Crippen molar-refractivity contribution in [1.82, 2.24) is 24.7 Å². The lowest BCUT2D eigenvalue weighted by Crippen LogP contribution is -2.04. The minimum Gasteiger partial charge on any atom is -0.496 e. The largest absolute Gasteiger partial charge is 0.496 e. The Balaban J connectivity index is 1.81. The van der Waals surface area contributed by atoms with E-state index in [0.29, 0.717) is 22.4 Å². The van der Waals surface area contributed by atoms with E-state index in [1.807, 2.05) is 0 Å². The van der Waals surface area contributed by atoms with Crippen LogP contribution < -0.4 is 4.74 Å². The van der Waals surface area contributed by atoms with Gasteiger partial charge in [-0.15, -0.1) is 0 Å². The first-order valence-electron chi connectivity index (χ1n) is 8.02. The second kappa shape index (κ2) is 7.32. The van der Waals surface area contributed by atoms with Gasteiger partial charge >= 0.3 is 0 Å². The van der Waals surface area contributed by atoms with Crippen molar-refractivity contribution >= 4 is 17.2 Å². The highest BCUT2D eigenvalue weighted by Crippen LogP contribution is 2.32. The van der Waals surface area contributed by atoms with Crippen LogP contribution in [0.15, 0.2) is 34.9 Å². The smallest absolute Gasteiger partial charge is 0.280 e. The van der Waals surface area contributed by atoms with Crippen molar-refractivity contribution in [1.29, 1.82) is 0 Å². The van der Waals surface area contributed by atoms with E-state index in [4.69, 9.17) is 20.9 Å². The monoisotopic (exact) mass is 427 g/mol. The minimum absolute atomic E-state index is 0.00874. The van der Waals surface area contributed by atoms with Crippen LogP contribution in [-0.4, -0.2) is 31.8 Å². The number of rotatable bonds is 5. The van der Waals surface area contributed by atoms with E-state index in [1.165, 1.54) is 13.2 Å². The zero-order chi connectivity index (χ0) is 20.7. The van der Waals surface area contributed by atoms with Crippen LogP contribution in [0.1, 0.15) is 24.2 Å². The summed E-state index contributed by atoms with van der Waals surface area (Å²) in [4.78, 5) is 7.83. The quantitative estimate of drug-likeness (QED) is 0.418. The maximum Gasteiger partial charge on any atom is 0.280 e. The van der Waals surface area contributed by atoms with Gasteiger partial charge in [-0.25, -0.2) is 27.1 Å². The first-order chi connectivity index (χ1) is 13.9. The molecule has 12 heteroatoms. The van der Waals surface area contributed by atoms with Crippen molar-refractivity contribution in [3.05, 3.63) is 46.7 Å². The van der Waals surface area contributed by atoms with Gasteiger partial charge in [-0.1, -0.05) is 16.8 Å². The highest BCUT2D eigenvalue weighted by atomic mass is 35.5. The summed E-state index contributed by atoms with van der Waals surface area (Å²) in [5, 5.41) is 8.18. The molecular formula is C17H10ClF4N5O2. The van der Waals surface area contributed by atoms with Gasteiger partial charge in [0.15, 0.2) is 11.3 Å². The van der Waals surface area contributed by atoms with Crippen LogP contribution in [0, 0.1) is 0 Å². The summed E-state index contributed by atoms with van der Waals surface area (Å²) in [7, 11) is 1.45. The number of alkyl halides is 4. The Hall–Kier alpha value is -3.21. The molecule has 0 aliphatic carbocycles. The molecule has 0 amide bonds. The van der Waals surface area contributed by atoms with E-state index in [1.54, 1.807) is 18.2 Å². The van der Waals surface area contributed by atoms with Crippen molar-refractivity contribution in [2.45, 2.75) is 12.9 Å². The topological polar surface area (TPSA) is 78.3 Å². The maximum absolute atomic E-state index is 13.3. The van der Waals surface area contributed by atoms with E-state index in [0.717, 1.165) is 4.52 Å². The second-order valence-corrected chi connectivity index (χ2v) is 6.21. The summed E-state index contributed by atoms with van der Waals surface area (Å²) >= 11 is 5.99. The number of aromatic nitrogens is 5. The second-order valence-electron chi connectivity index (χ2n) is 5.77. The molecule has 1 aromatic carbocycles. The van der Waals surface area contributed by atoms with Crippen LogP contribution >= 0.6 is 11.6 Å². The van der Waals surface area contributed by atoms with Gasteiger partial charge in [-0.3, -0.25) is 0 Å². The summed E-state index contributed by atoms with van der Waals surface area (Å²) in [5.41, 5.74) is -1.29. The van der Waals surface area contributed by atoms with Gasteiger partial charge in [0.05, 0.1) is 12.7 Å². The Kier molecular flexibility index (Phi) is 4.82. The van der Waals surface area contributed by atoms with Gasteiger partial charge in [-0.2, -0.15) is 10.1 Å². The Morgan fingerprint density at radius 1 is 1.07 bits per heavy atom. The number of benzene rings is 1. The predicted octanol–water partition coefficient (Wildman–Crippen LogP) is 4.98. The number of halogens is 5. The van der Waals surface area contributed by atoms with Crippen molar-refractivity contribution in [3.63, 3.8) is 0 Å². The van der Waals surface area contributed by atoms with Gasteiger partial charge in [0.2, 0.25) is 5.82 Å². The molecule has 3 heterocycles. The molecular weight excluding hydrogens is 418 g/mol. The Bertz CT molecular complexity index is 1190. The molecule has 0 unspecified atom stereocenters. The number of nitrogens with zero attached hydrogens (tertiary/aromatic N) is 5. The number of methoxy groups -OCH3 is 1. The molecule has 0 N–H and O–H groups in total. The first-order valence-corrected chi connectivity index (χ1v) is 8.40. The van der Waals surface area contributed by atoms with Crippen LogP contribution in [0.5, 0.6) is 5.75 Å². The molecule has 0 bridgehead atoms. The zero-order valence-electron chi connectivity index (χ0n) is 14.5.